The van der Waals surface area contributed by atoms with Gasteiger partial charge in [0.2, 0.25) is 5.75 Å². The molecule has 4 aromatic rings. The van der Waals surface area contributed by atoms with Gasteiger partial charge in [-0.2, -0.15) is 0 Å². The summed E-state index contributed by atoms with van der Waals surface area (Å²) in [6.45, 7) is 5.56. The Bertz CT molecular complexity index is 1840. The van der Waals surface area contributed by atoms with E-state index in [1.165, 1.54) is 26.2 Å². The molecule has 1 aliphatic rings. The fourth-order valence-electron chi connectivity index (χ4n) is 5.35. The second kappa shape index (κ2) is 14.0. The molecule has 244 valence electrons. The summed E-state index contributed by atoms with van der Waals surface area (Å²) < 4.78 is 27.7. The van der Waals surface area contributed by atoms with Crippen LogP contribution in [0.15, 0.2) is 66.2 Å². The maximum atomic E-state index is 13.8. The van der Waals surface area contributed by atoms with Crippen LogP contribution in [0, 0.1) is 13.8 Å². The van der Waals surface area contributed by atoms with Crippen LogP contribution in [0.25, 0.3) is 5.76 Å². The van der Waals surface area contributed by atoms with E-state index >= 15 is 0 Å². The first-order chi connectivity index (χ1) is 22.6. The van der Waals surface area contributed by atoms with Crippen LogP contribution >= 0.6 is 11.3 Å². The van der Waals surface area contributed by atoms with E-state index in [1.54, 1.807) is 51.1 Å². The van der Waals surface area contributed by atoms with Gasteiger partial charge >= 0.3 is 11.9 Å². The molecule has 12 heteroatoms. The van der Waals surface area contributed by atoms with Crippen LogP contribution < -0.4 is 23.8 Å². The highest BCUT2D eigenvalue weighted by molar-refractivity contribution is 7.17. The normalized spacial score (nSPS) is 15.4. The number of benzene rings is 3. The van der Waals surface area contributed by atoms with E-state index in [4.69, 9.17) is 23.7 Å². The number of aliphatic hydroxyl groups excluding tert-OH is 1. The van der Waals surface area contributed by atoms with Crippen LogP contribution in [0.5, 0.6) is 23.0 Å². The average molecular weight is 659 g/mol. The van der Waals surface area contributed by atoms with E-state index in [1.807, 2.05) is 30.3 Å². The number of methoxy groups -OCH3 is 3. The summed E-state index contributed by atoms with van der Waals surface area (Å²) in [4.78, 5) is 46.2. The Morgan fingerprint density at radius 2 is 1.64 bits per heavy atom. The maximum absolute atomic E-state index is 13.8. The van der Waals surface area contributed by atoms with Crippen LogP contribution in [0.4, 0.5) is 5.13 Å². The van der Waals surface area contributed by atoms with Crippen LogP contribution in [0.1, 0.15) is 50.6 Å². The summed E-state index contributed by atoms with van der Waals surface area (Å²) >= 11 is 0.914. The largest absolute Gasteiger partial charge is 0.507 e. The molecule has 0 radical (unpaired) electrons. The van der Waals surface area contributed by atoms with Crippen molar-refractivity contribution in [2.45, 2.75) is 33.4 Å². The predicted octanol–water partition coefficient (Wildman–Crippen LogP) is 6.17. The zero-order valence-corrected chi connectivity index (χ0v) is 27.6. The monoisotopic (exact) mass is 658 g/mol. The van der Waals surface area contributed by atoms with Gasteiger partial charge in [0.25, 0.3) is 5.78 Å². The van der Waals surface area contributed by atoms with Crippen molar-refractivity contribution in [1.29, 1.82) is 0 Å². The lowest BCUT2D eigenvalue weighted by Gasteiger charge is -2.25. The number of aromatic nitrogens is 1. The number of thiazole rings is 1. The Balaban J connectivity index is 1.65. The lowest BCUT2D eigenvalue weighted by atomic mass is 9.93. The molecule has 0 bridgehead atoms. The summed E-state index contributed by atoms with van der Waals surface area (Å²) in [7, 11) is 4.34. The number of hydrogen-bond donors (Lipinski definition) is 1. The van der Waals surface area contributed by atoms with Crippen LogP contribution in [-0.4, -0.2) is 55.7 Å². The molecule has 1 atom stereocenters. The zero-order valence-electron chi connectivity index (χ0n) is 26.8. The second-order valence-corrected chi connectivity index (χ2v) is 11.5. The third-order valence-corrected chi connectivity index (χ3v) is 8.74. The topological polar surface area (TPSA) is 134 Å². The highest BCUT2D eigenvalue weighted by atomic mass is 32.1. The molecule has 3 aromatic carbocycles. The molecule has 0 saturated carbocycles. The van der Waals surface area contributed by atoms with Crippen LogP contribution in [0.3, 0.4) is 0 Å². The molecule has 1 aromatic heterocycles. The lowest BCUT2D eigenvalue weighted by molar-refractivity contribution is -0.132. The number of nitrogens with zero attached hydrogens (tertiary/aromatic N) is 2. The van der Waals surface area contributed by atoms with Gasteiger partial charge in [-0.05, 0) is 67.8 Å². The summed E-state index contributed by atoms with van der Waals surface area (Å²) in [5.41, 5.74) is 2.44. The minimum absolute atomic E-state index is 0.0758. The van der Waals surface area contributed by atoms with Crippen molar-refractivity contribution in [2.24, 2.45) is 0 Å². The number of carbonyl (C=O) groups excluding carboxylic acids is 3. The third kappa shape index (κ3) is 6.36. The highest BCUT2D eigenvalue weighted by Gasteiger charge is 2.49. The van der Waals surface area contributed by atoms with Gasteiger partial charge in [0.1, 0.15) is 23.0 Å². The fourth-order valence-corrected chi connectivity index (χ4v) is 6.34. The first-order valence-corrected chi connectivity index (χ1v) is 15.5. The number of aliphatic hydroxyl groups is 1. The van der Waals surface area contributed by atoms with Crippen LogP contribution in [0.2, 0.25) is 0 Å². The molecular formula is C35H34N2O9S. The molecule has 0 aliphatic carbocycles. The highest BCUT2D eigenvalue weighted by Crippen LogP contribution is 2.48. The number of carbonyl (C=O) groups is 3. The van der Waals surface area contributed by atoms with E-state index in [2.05, 4.69) is 4.98 Å². The van der Waals surface area contributed by atoms with E-state index in [-0.39, 0.29) is 33.7 Å². The predicted molar refractivity (Wildman–Crippen MR) is 176 cm³/mol. The van der Waals surface area contributed by atoms with Crippen molar-refractivity contribution in [3.05, 3.63) is 99.1 Å². The van der Waals surface area contributed by atoms with Gasteiger partial charge in [0.15, 0.2) is 16.6 Å². The van der Waals surface area contributed by atoms with Crippen molar-refractivity contribution in [3.8, 4) is 23.0 Å². The molecule has 1 amide bonds. The molecular weight excluding hydrogens is 624 g/mol. The van der Waals surface area contributed by atoms with Gasteiger partial charge in [-0.25, -0.2) is 9.78 Å². The first kappa shape index (κ1) is 33.0. The number of aryl methyl sites for hydroxylation is 2. The lowest BCUT2D eigenvalue weighted by Crippen LogP contribution is -2.29. The molecule has 2 heterocycles. The molecule has 11 nitrogen and oxygen atoms in total. The molecule has 0 unspecified atom stereocenters. The number of esters is 1. The molecule has 1 saturated heterocycles. The fraction of sp³-hybridized carbons (Fsp3) is 0.257. The Morgan fingerprint density at radius 3 is 2.23 bits per heavy atom. The number of amides is 1. The summed E-state index contributed by atoms with van der Waals surface area (Å²) in [5.74, 6) is -1.46. The third-order valence-electron chi connectivity index (χ3n) is 7.60. The van der Waals surface area contributed by atoms with E-state index in [0.717, 1.165) is 16.9 Å². The van der Waals surface area contributed by atoms with Crippen molar-refractivity contribution >= 4 is 39.9 Å². The van der Waals surface area contributed by atoms with E-state index in [9.17, 15) is 19.5 Å². The standard InChI is InChI=1S/C35H34N2O9S/c1-7-45-34(41)32-20(3)36-35(47-32)37-28(22-16-25(42-4)31(44-6)26(17-22)43-5)27(30(39)33(37)40)29(38)24-14-13-23(15-19(24)2)46-18-21-11-9-8-10-12-21/h8-17,28,38H,7,18H2,1-6H3/t28-/m1/s1. The summed E-state index contributed by atoms with van der Waals surface area (Å²) in [5, 5.41) is 11.9. The average Bonchev–Trinajstić information content (AvgIpc) is 3.59. The van der Waals surface area contributed by atoms with Gasteiger partial charge in [-0.1, -0.05) is 41.7 Å². The van der Waals surface area contributed by atoms with Crippen LogP contribution in [-0.2, 0) is 20.9 Å². The van der Waals surface area contributed by atoms with Gasteiger partial charge in [-0.15, -0.1) is 0 Å². The van der Waals surface area contributed by atoms with Gasteiger partial charge < -0.3 is 28.8 Å². The van der Waals surface area contributed by atoms with Crippen molar-refractivity contribution in [3.63, 3.8) is 0 Å². The Hall–Kier alpha value is -5.36. The molecule has 0 spiro atoms. The summed E-state index contributed by atoms with van der Waals surface area (Å²) in [6.07, 6.45) is 0. The second-order valence-electron chi connectivity index (χ2n) is 10.5. The molecule has 1 fully saturated rings. The smallest absolute Gasteiger partial charge is 0.350 e. The molecule has 5 rings (SSSR count). The number of Topliss-reactive ketones (excluding diaryl/α,β-unsaturated/α-hetero) is 1. The zero-order chi connectivity index (χ0) is 33.8. The number of rotatable bonds is 11. The number of ether oxygens (including phenoxy) is 5. The number of anilines is 1. The Kier molecular flexibility index (Phi) is 9.80. The number of hydrogen-bond acceptors (Lipinski definition) is 11. The molecule has 1 aliphatic heterocycles. The van der Waals surface area contributed by atoms with E-state index in [0.29, 0.717) is 40.5 Å². The Labute approximate surface area is 275 Å². The number of ketones is 1. The first-order valence-electron chi connectivity index (χ1n) is 14.7. The summed E-state index contributed by atoms with van der Waals surface area (Å²) in [6, 6.07) is 16.8. The Morgan fingerprint density at radius 1 is 0.957 bits per heavy atom. The molecule has 47 heavy (non-hydrogen) atoms. The quantitative estimate of drug-likeness (QED) is 0.0864. The van der Waals surface area contributed by atoms with E-state index < -0.39 is 29.5 Å². The maximum Gasteiger partial charge on any atom is 0.350 e. The van der Waals surface area contributed by atoms with Crippen molar-refractivity contribution in [1.82, 2.24) is 4.98 Å². The van der Waals surface area contributed by atoms with Gasteiger partial charge in [0.05, 0.1) is 45.2 Å². The SMILES string of the molecule is CCOC(=O)c1sc(N2C(=O)C(=O)C(=C(O)c3ccc(OCc4ccccc4)cc3C)[C@H]2c2cc(OC)c(OC)c(OC)c2)nc1C. The van der Waals surface area contributed by atoms with Gasteiger partial charge in [-0.3, -0.25) is 14.5 Å². The molecule has 1 N–H and O–H groups in total. The van der Waals surface area contributed by atoms with Gasteiger partial charge in [0, 0.05) is 5.56 Å². The minimum atomic E-state index is -1.18. The minimum Gasteiger partial charge on any atom is -0.507 e. The van der Waals surface area contributed by atoms with Crippen molar-refractivity contribution in [2.75, 3.05) is 32.8 Å². The van der Waals surface area contributed by atoms with Crippen molar-refractivity contribution < 1.29 is 43.2 Å².